The molecular formula is C20H17ClN6O2. The lowest BCUT2D eigenvalue weighted by Crippen LogP contribution is -2.46. The number of nitrogen functional groups attached to an aromatic ring is 1. The molecule has 4 aromatic rings. The van der Waals surface area contributed by atoms with Crippen LogP contribution in [0.5, 0.6) is 0 Å². The van der Waals surface area contributed by atoms with E-state index in [1.54, 1.807) is 0 Å². The molecule has 1 aromatic carbocycles. The molecule has 2 N–H and O–H groups in total. The summed E-state index contributed by atoms with van der Waals surface area (Å²) in [7, 11) is 0. The summed E-state index contributed by atoms with van der Waals surface area (Å²) in [6, 6.07) is 10.4. The van der Waals surface area contributed by atoms with Gasteiger partial charge in [0.15, 0.2) is 11.2 Å². The molecule has 2 fully saturated rings. The second-order valence-electron chi connectivity index (χ2n) is 7.45. The lowest BCUT2D eigenvalue weighted by Gasteiger charge is -2.36. The van der Waals surface area contributed by atoms with Crippen molar-refractivity contribution in [3.8, 4) is 11.3 Å². The lowest BCUT2D eigenvalue weighted by molar-refractivity contribution is 0.0904. The first-order valence-electron chi connectivity index (χ1n) is 9.52. The predicted molar refractivity (Wildman–Crippen MR) is 110 cm³/mol. The molecule has 5 heterocycles. The predicted octanol–water partition coefficient (Wildman–Crippen LogP) is 3.44. The Morgan fingerprint density at radius 3 is 2.66 bits per heavy atom. The van der Waals surface area contributed by atoms with Gasteiger partial charge >= 0.3 is 0 Å². The number of benzene rings is 1. The Balaban J connectivity index is 1.48. The van der Waals surface area contributed by atoms with Crippen LogP contribution in [0.3, 0.4) is 0 Å². The van der Waals surface area contributed by atoms with Gasteiger partial charge in [-0.2, -0.15) is 15.0 Å². The number of hydrogen-bond donors (Lipinski definition) is 1. The van der Waals surface area contributed by atoms with E-state index < -0.39 is 0 Å². The fraction of sp³-hybridized carbons (Fsp3) is 0.300. The first kappa shape index (κ1) is 16.9. The van der Waals surface area contributed by atoms with Crippen LogP contribution in [0.25, 0.3) is 33.4 Å². The van der Waals surface area contributed by atoms with E-state index in [9.17, 15) is 0 Å². The molecule has 29 heavy (non-hydrogen) atoms. The summed E-state index contributed by atoms with van der Waals surface area (Å²) in [5, 5.41) is 1.09. The smallest absolute Gasteiger partial charge is 0.292 e. The number of fused-ring (bicyclic) bond motifs is 4. The first-order chi connectivity index (χ1) is 14.2. The van der Waals surface area contributed by atoms with Crippen molar-refractivity contribution in [3.05, 3.63) is 35.6 Å². The lowest BCUT2D eigenvalue weighted by atomic mass is 10.1. The number of aromatic nitrogens is 4. The number of nitrogens with two attached hydrogens (primary N) is 1. The quantitative estimate of drug-likeness (QED) is 0.503. The second-order valence-corrected chi connectivity index (χ2v) is 7.79. The van der Waals surface area contributed by atoms with Gasteiger partial charge in [0, 0.05) is 5.56 Å². The van der Waals surface area contributed by atoms with Gasteiger partial charge in [0.2, 0.25) is 5.28 Å². The van der Waals surface area contributed by atoms with E-state index >= 15 is 0 Å². The number of rotatable bonds is 2. The van der Waals surface area contributed by atoms with E-state index in [1.165, 1.54) is 0 Å². The first-order valence-corrected chi connectivity index (χ1v) is 9.90. The molecule has 3 aromatic heterocycles. The van der Waals surface area contributed by atoms with Gasteiger partial charge in [-0.15, -0.1) is 0 Å². The van der Waals surface area contributed by atoms with Crippen molar-refractivity contribution in [2.45, 2.75) is 24.9 Å². The molecule has 2 saturated heterocycles. The molecule has 146 valence electrons. The number of pyridine rings is 1. The molecule has 0 spiro atoms. The number of anilines is 2. The minimum atomic E-state index is 0.146. The fourth-order valence-electron chi connectivity index (χ4n) is 4.40. The molecule has 8 nitrogen and oxygen atoms in total. The molecule has 6 rings (SSSR count). The van der Waals surface area contributed by atoms with Gasteiger partial charge in [-0.05, 0) is 54.8 Å². The highest BCUT2D eigenvalue weighted by Gasteiger charge is 2.39. The van der Waals surface area contributed by atoms with Gasteiger partial charge < -0.3 is 19.8 Å². The Bertz CT molecular complexity index is 1240. The molecule has 2 aliphatic rings. The number of nitrogens with zero attached hydrogens (tertiary/aromatic N) is 5. The monoisotopic (exact) mass is 408 g/mol. The SMILES string of the molecule is Nc1nc2cc(-c3ccc4c(N5C6CCC5COC6)nc(Cl)nc4n3)ccc2o1. The molecule has 2 atom stereocenters. The van der Waals surface area contributed by atoms with Crippen molar-refractivity contribution in [2.24, 2.45) is 0 Å². The Morgan fingerprint density at radius 1 is 1.00 bits per heavy atom. The van der Waals surface area contributed by atoms with Gasteiger partial charge in [-0.1, -0.05) is 0 Å². The van der Waals surface area contributed by atoms with Gasteiger partial charge in [0.25, 0.3) is 6.01 Å². The third-order valence-corrected chi connectivity index (χ3v) is 5.87. The highest BCUT2D eigenvalue weighted by atomic mass is 35.5. The van der Waals surface area contributed by atoms with E-state index in [1.807, 2.05) is 30.3 Å². The van der Waals surface area contributed by atoms with Crippen molar-refractivity contribution < 1.29 is 9.15 Å². The zero-order valence-corrected chi connectivity index (χ0v) is 16.1. The Kier molecular flexibility index (Phi) is 3.66. The summed E-state index contributed by atoms with van der Waals surface area (Å²) in [5.41, 5.74) is 9.22. The van der Waals surface area contributed by atoms with E-state index in [0.717, 1.165) is 35.3 Å². The molecule has 9 heteroatoms. The van der Waals surface area contributed by atoms with Crippen molar-refractivity contribution in [1.29, 1.82) is 0 Å². The fourth-order valence-corrected chi connectivity index (χ4v) is 4.56. The number of halogens is 1. The van der Waals surface area contributed by atoms with Crippen molar-refractivity contribution in [3.63, 3.8) is 0 Å². The summed E-state index contributed by atoms with van der Waals surface area (Å²) in [5.74, 6) is 0.842. The van der Waals surface area contributed by atoms with Gasteiger partial charge in [-0.25, -0.2) is 4.98 Å². The van der Waals surface area contributed by atoms with Crippen LogP contribution in [0.4, 0.5) is 11.8 Å². The molecule has 0 radical (unpaired) electrons. The highest BCUT2D eigenvalue weighted by molar-refractivity contribution is 6.28. The number of ether oxygens (including phenoxy) is 1. The normalized spacial score (nSPS) is 21.3. The van der Waals surface area contributed by atoms with Crippen LogP contribution in [0.2, 0.25) is 5.28 Å². The second kappa shape index (κ2) is 6.27. The maximum absolute atomic E-state index is 6.28. The van der Waals surface area contributed by atoms with Crippen LogP contribution >= 0.6 is 11.6 Å². The third-order valence-electron chi connectivity index (χ3n) is 5.70. The molecule has 2 unspecified atom stereocenters. The maximum atomic E-state index is 6.28. The molecule has 0 amide bonds. The van der Waals surface area contributed by atoms with Gasteiger partial charge in [-0.3, -0.25) is 0 Å². The Labute approximate surface area is 170 Å². The Morgan fingerprint density at radius 2 is 1.83 bits per heavy atom. The zero-order valence-electron chi connectivity index (χ0n) is 15.4. The average Bonchev–Trinajstić information content (AvgIpc) is 3.20. The molecule has 2 aliphatic heterocycles. The van der Waals surface area contributed by atoms with Gasteiger partial charge in [0.1, 0.15) is 11.3 Å². The van der Waals surface area contributed by atoms with Crippen LogP contribution in [0.1, 0.15) is 12.8 Å². The van der Waals surface area contributed by atoms with Crippen LogP contribution in [0, 0.1) is 0 Å². The van der Waals surface area contributed by atoms with Crippen molar-refractivity contribution in [2.75, 3.05) is 23.8 Å². The topological polar surface area (TPSA) is 103 Å². The highest BCUT2D eigenvalue weighted by Crippen LogP contribution is 2.37. The molecule has 0 aliphatic carbocycles. The minimum absolute atomic E-state index is 0.146. The van der Waals surface area contributed by atoms with Crippen LogP contribution < -0.4 is 10.6 Å². The van der Waals surface area contributed by atoms with E-state index in [-0.39, 0.29) is 11.3 Å². The summed E-state index contributed by atoms with van der Waals surface area (Å²) >= 11 is 6.28. The number of morpholine rings is 1. The van der Waals surface area contributed by atoms with E-state index in [0.29, 0.717) is 42.0 Å². The van der Waals surface area contributed by atoms with Crippen LogP contribution in [0.15, 0.2) is 34.7 Å². The molecule has 2 bridgehead atoms. The third kappa shape index (κ3) is 2.71. The Hall–Kier alpha value is -2.97. The minimum Gasteiger partial charge on any atom is -0.424 e. The average molecular weight is 409 g/mol. The molecular weight excluding hydrogens is 392 g/mol. The molecule has 0 saturated carbocycles. The zero-order chi connectivity index (χ0) is 19.5. The summed E-state index contributed by atoms with van der Waals surface area (Å²) in [4.78, 5) is 20.2. The van der Waals surface area contributed by atoms with Gasteiger partial charge in [0.05, 0.1) is 36.4 Å². The summed E-state index contributed by atoms with van der Waals surface area (Å²) < 4.78 is 11.1. The number of hydrogen-bond acceptors (Lipinski definition) is 8. The van der Waals surface area contributed by atoms with Crippen molar-refractivity contribution in [1.82, 2.24) is 19.9 Å². The number of oxazole rings is 1. The van der Waals surface area contributed by atoms with E-state index in [4.69, 9.17) is 31.5 Å². The largest absolute Gasteiger partial charge is 0.424 e. The summed E-state index contributed by atoms with van der Waals surface area (Å²) in [6.45, 7) is 1.43. The standard InChI is InChI=1S/C20H17ClN6O2/c21-19-25-17-13(18(26-19)27-11-2-3-12(27)9-28-8-11)4-5-14(23-17)10-1-6-16-15(7-10)24-20(22)29-16/h1,4-7,11-12H,2-3,8-9H2,(H2,22,24). The van der Waals surface area contributed by atoms with Crippen LogP contribution in [-0.4, -0.2) is 45.2 Å². The van der Waals surface area contributed by atoms with Crippen molar-refractivity contribution >= 4 is 45.6 Å². The van der Waals surface area contributed by atoms with Crippen LogP contribution in [-0.2, 0) is 4.74 Å². The maximum Gasteiger partial charge on any atom is 0.292 e. The summed E-state index contributed by atoms with van der Waals surface area (Å²) in [6.07, 6.45) is 2.19. The van der Waals surface area contributed by atoms with E-state index in [2.05, 4.69) is 19.9 Å².